The molecule has 140 valence electrons. The summed E-state index contributed by atoms with van der Waals surface area (Å²) < 4.78 is 10.8. The molecule has 0 radical (unpaired) electrons. The molecular formula is C18H27ClN2O4. The highest BCUT2D eigenvalue weighted by Crippen LogP contribution is 2.33. The number of esters is 1. The van der Waals surface area contributed by atoms with E-state index in [1.807, 2.05) is 25.2 Å². The Kier molecular flexibility index (Phi) is 9.31. The molecule has 2 rings (SSSR count). The van der Waals surface area contributed by atoms with Gasteiger partial charge in [-0.25, -0.2) is 0 Å². The summed E-state index contributed by atoms with van der Waals surface area (Å²) in [4.78, 5) is 24.1. The summed E-state index contributed by atoms with van der Waals surface area (Å²) in [6.07, 6.45) is 2.98. The molecule has 7 heteroatoms. The van der Waals surface area contributed by atoms with Gasteiger partial charge in [0.05, 0.1) is 18.9 Å². The number of carbonyl (C=O) groups excluding carboxylic acids is 2. The van der Waals surface area contributed by atoms with Gasteiger partial charge in [-0.15, -0.1) is 12.4 Å². The van der Waals surface area contributed by atoms with Gasteiger partial charge in [0.2, 0.25) is 5.91 Å². The highest BCUT2D eigenvalue weighted by Gasteiger charge is 2.23. The summed E-state index contributed by atoms with van der Waals surface area (Å²) in [6.45, 7) is 4.18. The van der Waals surface area contributed by atoms with Crippen LogP contribution in [-0.2, 0) is 20.7 Å². The molecule has 1 aliphatic rings. The van der Waals surface area contributed by atoms with Gasteiger partial charge >= 0.3 is 5.97 Å². The first kappa shape index (κ1) is 21.3. The predicted molar refractivity (Wildman–Crippen MR) is 99.7 cm³/mol. The molecule has 0 bridgehead atoms. The number of halogens is 1. The minimum absolute atomic E-state index is 0. The van der Waals surface area contributed by atoms with Gasteiger partial charge in [0.15, 0.2) is 0 Å². The van der Waals surface area contributed by atoms with Gasteiger partial charge in [0, 0.05) is 26.0 Å². The Labute approximate surface area is 155 Å². The molecule has 0 saturated heterocycles. The van der Waals surface area contributed by atoms with Crippen LogP contribution in [0.25, 0.3) is 0 Å². The molecule has 6 nitrogen and oxygen atoms in total. The van der Waals surface area contributed by atoms with Gasteiger partial charge in [0.25, 0.3) is 0 Å². The fraction of sp³-hybridized carbons (Fsp3) is 0.556. The van der Waals surface area contributed by atoms with E-state index in [-0.39, 0.29) is 24.3 Å². The van der Waals surface area contributed by atoms with E-state index >= 15 is 0 Å². The molecule has 1 amide bonds. The maximum absolute atomic E-state index is 11.8. The van der Waals surface area contributed by atoms with Gasteiger partial charge in [-0.2, -0.15) is 0 Å². The van der Waals surface area contributed by atoms with E-state index < -0.39 is 0 Å². The molecule has 0 aliphatic carbocycles. The van der Waals surface area contributed by atoms with Crippen molar-refractivity contribution in [3.8, 4) is 5.75 Å². The topological polar surface area (TPSA) is 67.9 Å². The maximum atomic E-state index is 11.8. The van der Waals surface area contributed by atoms with Gasteiger partial charge in [-0.1, -0.05) is 6.07 Å². The van der Waals surface area contributed by atoms with Crippen LogP contribution in [0.4, 0.5) is 5.69 Å². The monoisotopic (exact) mass is 370 g/mol. The molecule has 1 aliphatic heterocycles. The van der Waals surface area contributed by atoms with Crippen molar-refractivity contribution >= 4 is 30.0 Å². The lowest BCUT2D eigenvalue weighted by Gasteiger charge is -2.27. The third kappa shape index (κ3) is 6.55. The van der Waals surface area contributed by atoms with Crippen LogP contribution in [0.3, 0.4) is 0 Å². The zero-order valence-electron chi connectivity index (χ0n) is 14.9. The number of ether oxygens (including phenoxy) is 2. The molecular weight excluding hydrogens is 344 g/mol. The quantitative estimate of drug-likeness (QED) is 0.533. The normalized spacial score (nSPS) is 13.0. The maximum Gasteiger partial charge on any atom is 0.302 e. The van der Waals surface area contributed by atoms with E-state index in [1.54, 1.807) is 4.90 Å². The SMILES string of the molecule is CC(=O)OCCCNCCCOc1cccc2c1CCC(=O)N2C.Cl. The Bertz CT molecular complexity index is 580. The third-order valence-corrected chi connectivity index (χ3v) is 3.99. The lowest BCUT2D eigenvalue weighted by atomic mass is 10.0. The van der Waals surface area contributed by atoms with Crippen molar-refractivity contribution in [1.82, 2.24) is 5.32 Å². The Hall–Kier alpha value is -1.79. The molecule has 1 aromatic carbocycles. The number of nitrogens with zero attached hydrogens (tertiary/aromatic N) is 1. The average molecular weight is 371 g/mol. The van der Waals surface area contributed by atoms with Crippen molar-refractivity contribution in [3.05, 3.63) is 23.8 Å². The number of hydrogen-bond donors (Lipinski definition) is 1. The molecule has 0 spiro atoms. The van der Waals surface area contributed by atoms with E-state index in [1.165, 1.54) is 6.92 Å². The average Bonchev–Trinajstić information content (AvgIpc) is 2.56. The van der Waals surface area contributed by atoms with Crippen molar-refractivity contribution < 1.29 is 19.1 Å². The van der Waals surface area contributed by atoms with Crippen LogP contribution in [-0.4, -0.2) is 45.2 Å². The summed E-state index contributed by atoms with van der Waals surface area (Å²) in [5, 5.41) is 3.30. The molecule has 1 aromatic rings. The second-order valence-corrected chi connectivity index (χ2v) is 5.85. The summed E-state index contributed by atoms with van der Waals surface area (Å²) in [6, 6.07) is 5.86. The lowest BCUT2D eigenvalue weighted by molar-refractivity contribution is -0.141. The van der Waals surface area contributed by atoms with Crippen molar-refractivity contribution in [2.75, 3.05) is 38.3 Å². The van der Waals surface area contributed by atoms with Gasteiger partial charge in [-0.3, -0.25) is 9.59 Å². The van der Waals surface area contributed by atoms with Gasteiger partial charge < -0.3 is 19.7 Å². The van der Waals surface area contributed by atoms with Crippen LogP contribution in [0.5, 0.6) is 5.75 Å². The summed E-state index contributed by atoms with van der Waals surface area (Å²) >= 11 is 0. The third-order valence-electron chi connectivity index (χ3n) is 3.99. The Morgan fingerprint density at radius 1 is 1.20 bits per heavy atom. The summed E-state index contributed by atoms with van der Waals surface area (Å²) in [7, 11) is 1.81. The number of anilines is 1. The van der Waals surface area contributed by atoms with E-state index in [4.69, 9.17) is 9.47 Å². The minimum atomic E-state index is -0.234. The van der Waals surface area contributed by atoms with Crippen LogP contribution in [0.1, 0.15) is 31.7 Å². The predicted octanol–water partition coefficient (Wildman–Crippen LogP) is 2.33. The first-order valence-corrected chi connectivity index (χ1v) is 8.45. The van der Waals surface area contributed by atoms with E-state index in [2.05, 4.69) is 5.32 Å². The van der Waals surface area contributed by atoms with Crippen molar-refractivity contribution in [2.24, 2.45) is 0 Å². The van der Waals surface area contributed by atoms with Crippen LogP contribution in [0, 0.1) is 0 Å². The van der Waals surface area contributed by atoms with E-state index in [0.29, 0.717) is 19.6 Å². The van der Waals surface area contributed by atoms with Crippen molar-refractivity contribution in [3.63, 3.8) is 0 Å². The Balaban J connectivity index is 0.00000312. The number of carbonyl (C=O) groups is 2. The fourth-order valence-electron chi connectivity index (χ4n) is 2.71. The highest BCUT2D eigenvalue weighted by molar-refractivity contribution is 5.96. The first-order chi connectivity index (χ1) is 11.6. The molecule has 0 unspecified atom stereocenters. The van der Waals surface area contributed by atoms with E-state index in [0.717, 1.165) is 49.4 Å². The van der Waals surface area contributed by atoms with E-state index in [9.17, 15) is 9.59 Å². The zero-order valence-corrected chi connectivity index (χ0v) is 15.7. The molecule has 1 heterocycles. The largest absolute Gasteiger partial charge is 0.493 e. The van der Waals surface area contributed by atoms with Crippen LogP contribution in [0.2, 0.25) is 0 Å². The number of rotatable bonds is 9. The molecule has 0 atom stereocenters. The number of fused-ring (bicyclic) bond motifs is 1. The molecule has 0 fully saturated rings. The number of hydrogen-bond acceptors (Lipinski definition) is 5. The number of amides is 1. The smallest absolute Gasteiger partial charge is 0.302 e. The Morgan fingerprint density at radius 2 is 1.92 bits per heavy atom. The second kappa shape index (κ2) is 10.9. The Morgan fingerprint density at radius 3 is 2.64 bits per heavy atom. The minimum Gasteiger partial charge on any atom is -0.493 e. The van der Waals surface area contributed by atoms with Gasteiger partial charge in [-0.05, 0) is 44.5 Å². The number of nitrogens with one attached hydrogen (secondary N) is 1. The summed E-state index contributed by atoms with van der Waals surface area (Å²) in [5.41, 5.74) is 2.07. The molecule has 25 heavy (non-hydrogen) atoms. The first-order valence-electron chi connectivity index (χ1n) is 8.45. The lowest BCUT2D eigenvalue weighted by Crippen LogP contribution is -2.31. The standard InChI is InChI=1S/C18H26N2O4.ClH/c1-14(21)23-12-4-10-19-11-5-13-24-17-7-3-6-16-15(17)8-9-18(22)20(16)2;/h3,6-7,19H,4-5,8-13H2,1-2H3;1H. The fourth-order valence-corrected chi connectivity index (χ4v) is 2.71. The molecule has 0 aromatic heterocycles. The molecule has 0 saturated carbocycles. The molecule has 1 N–H and O–H groups in total. The van der Waals surface area contributed by atoms with Gasteiger partial charge in [0.1, 0.15) is 5.75 Å². The van der Waals surface area contributed by atoms with Crippen molar-refractivity contribution in [1.29, 1.82) is 0 Å². The zero-order chi connectivity index (χ0) is 17.4. The van der Waals surface area contributed by atoms with Crippen LogP contribution in [0.15, 0.2) is 18.2 Å². The second-order valence-electron chi connectivity index (χ2n) is 5.85. The van der Waals surface area contributed by atoms with Crippen LogP contribution < -0.4 is 15.0 Å². The summed E-state index contributed by atoms with van der Waals surface area (Å²) in [5.74, 6) is 0.793. The number of benzene rings is 1. The van der Waals surface area contributed by atoms with Crippen molar-refractivity contribution in [2.45, 2.75) is 32.6 Å². The van der Waals surface area contributed by atoms with Crippen LogP contribution >= 0.6 is 12.4 Å². The highest BCUT2D eigenvalue weighted by atomic mass is 35.5.